The van der Waals surface area contributed by atoms with Gasteiger partial charge >= 0.3 is 11.8 Å². The summed E-state index contributed by atoms with van der Waals surface area (Å²) in [6.45, 7) is 2.13. The number of rotatable bonds is 3. The third kappa shape index (κ3) is 4.23. The molecule has 0 aromatic heterocycles. The van der Waals surface area contributed by atoms with Gasteiger partial charge in [0, 0.05) is 31.5 Å². The van der Waals surface area contributed by atoms with Crippen molar-refractivity contribution in [3.63, 3.8) is 0 Å². The van der Waals surface area contributed by atoms with Crippen LogP contribution in [0.1, 0.15) is 32.6 Å². The van der Waals surface area contributed by atoms with E-state index in [9.17, 15) is 9.59 Å². The predicted octanol–water partition coefficient (Wildman–Crippen LogP) is 2.39. The molecule has 1 fully saturated rings. The lowest BCUT2D eigenvalue weighted by molar-refractivity contribution is -0.137. The molecule has 5 heteroatoms. The van der Waals surface area contributed by atoms with Crippen LogP contribution in [-0.2, 0) is 9.59 Å². The number of hydrogen-bond donors (Lipinski definition) is 2. The maximum Gasteiger partial charge on any atom is 0.313 e. The SMILES string of the molecule is C[C@@H]1CCCC[C@H]1NC(=O)C(=O)Nc1ccc(N(C)C)cc1. The standard InChI is InChI=1S/C17H25N3O2/c1-12-6-4-5-7-15(12)19-17(22)16(21)18-13-8-10-14(11-9-13)20(2)3/h8-12,15H,4-7H2,1-3H3,(H,18,21)(H,19,22)/t12-,15-/m1/s1. The van der Waals surface area contributed by atoms with Gasteiger partial charge < -0.3 is 15.5 Å². The Morgan fingerprint density at radius 2 is 1.68 bits per heavy atom. The average Bonchev–Trinajstić information content (AvgIpc) is 2.50. The molecule has 1 aromatic carbocycles. The van der Waals surface area contributed by atoms with Gasteiger partial charge in [-0.15, -0.1) is 0 Å². The topological polar surface area (TPSA) is 61.4 Å². The second-order valence-corrected chi connectivity index (χ2v) is 6.24. The van der Waals surface area contributed by atoms with Crippen LogP contribution in [0.15, 0.2) is 24.3 Å². The van der Waals surface area contributed by atoms with E-state index >= 15 is 0 Å². The third-order valence-electron chi connectivity index (χ3n) is 4.28. The molecule has 1 aliphatic rings. The molecule has 120 valence electrons. The molecule has 0 bridgehead atoms. The predicted molar refractivity (Wildman–Crippen MR) is 89.0 cm³/mol. The fourth-order valence-electron chi connectivity index (χ4n) is 2.80. The number of nitrogens with one attached hydrogen (secondary N) is 2. The molecule has 2 rings (SSSR count). The Hall–Kier alpha value is -2.04. The van der Waals surface area contributed by atoms with Crippen molar-refractivity contribution < 1.29 is 9.59 Å². The lowest BCUT2D eigenvalue weighted by Crippen LogP contribution is -2.45. The Morgan fingerprint density at radius 3 is 2.27 bits per heavy atom. The Labute approximate surface area is 132 Å². The molecule has 0 aliphatic heterocycles. The maximum atomic E-state index is 12.0. The van der Waals surface area contributed by atoms with Crippen molar-refractivity contribution in [1.82, 2.24) is 5.32 Å². The van der Waals surface area contributed by atoms with Gasteiger partial charge in [-0.05, 0) is 43.0 Å². The highest BCUT2D eigenvalue weighted by molar-refractivity contribution is 6.39. The molecule has 22 heavy (non-hydrogen) atoms. The summed E-state index contributed by atoms with van der Waals surface area (Å²) < 4.78 is 0. The normalized spacial score (nSPS) is 21.0. The van der Waals surface area contributed by atoms with E-state index < -0.39 is 11.8 Å². The lowest BCUT2D eigenvalue weighted by atomic mass is 9.86. The van der Waals surface area contributed by atoms with Crippen LogP contribution in [-0.4, -0.2) is 32.0 Å². The number of hydrogen-bond acceptors (Lipinski definition) is 3. The first-order valence-electron chi connectivity index (χ1n) is 7.86. The molecule has 0 radical (unpaired) electrons. The molecule has 2 N–H and O–H groups in total. The van der Waals surface area contributed by atoms with Gasteiger partial charge in [0.15, 0.2) is 0 Å². The third-order valence-corrected chi connectivity index (χ3v) is 4.28. The number of nitrogens with zero attached hydrogens (tertiary/aromatic N) is 1. The molecule has 1 aromatic rings. The van der Waals surface area contributed by atoms with Crippen molar-refractivity contribution in [2.24, 2.45) is 5.92 Å². The van der Waals surface area contributed by atoms with E-state index in [0.717, 1.165) is 24.9 Å². The lowest BCUT2D eigenvalue weighted by Gasteiger charge is -2.29. The van der Waals surface area contributed by atoms with Gasteiger partial charge in [-0.2, -0.15) is 0 Å². The van der Waals surface area contributed by atoms with Crippen LogP contribution in [0, 0.1) is 5.92 Å². The summed E-state index contributed by atoms with van der Waals surface area (Å²) in [6, 6.07) is 7.50. The zero-order valence-electron chi connectivity index (χ0n) is 13.6. The minimum Gasteiger partial charge on any atom is -0.378 e. The van der Waals surface area contributed by atoms with E-state index in [0.29, 0.717) is 11.6 Å². The highest BCUT2D eigenvalue weighted by Crippen LogP contribution is 2.23. The van der Waals surface area contributed by atoms with Gasteiger partial charge in [-0.3, -0.25) is 9.59 Å². The van der Waals surface area contributed by atoms with Crippen LogP contribution in [0.3, 0.4) is 0 Å². The summed E-state index contributed by atoms with van der Waals surface area (Å²) in [5, 5.41) is 5.50. The smallest absolute Gasteiger partial charge is 0.313 e. The summed E-state index contributed by atoms with van der Waals surface area (Å²) in [6.07, 6.45) is 4.39. The summed E-state index contributed by atoms with van der Waals surface area (Å²) >= 11 is 0. The summed E-state index contributed by atoms with van der Waals surface area (Å²) in [4.78, 5) is 26.0. The minimum atomic E-state index is -0.602. The van der Waals surface area contributed by atoms with E-state index in [4.69, 9.17) is 0 Å². The van der Waals surface area contributed by atoms with Crippen LogP contribution in [0.5, 0.6) is 0 Å². The molecule has 1 aliphatic carbocycles. The first-order chi connectivity index (χ1) is 10.5. The Kier molecular flexibility index (Phi) is 5.41. The Bertz CT molecular complexity index is 525. The van der Waals surface area contributed by atoms with Crippen LogP contribution in [0.2, 0.25) is 0 Å². The van der Waals surface area contributed by atoms with Gasteiger partial charge in [0.05, 0.1) is 0 Å². The van der Waals surface area contributed by atoms with Crippen molar-refractivity contribution in [2.45, 2.75) is 38.6 Å². The largest absolute Gasteiger partial charge is 0.378 e. The van der Waals surface area contributed by atoms with Crippen LogP contribution >= 0.6 is 0 Å². The number of benzene rings is 1. The Balaban J connectivity index is 1.89. The van der Waals surface area contributed by atoms with Crippen molar-refractivity contribution in [2.75, 3.05) is 24.3 Å². The number of anilines is 2. The van der Waals surface area contributed by atoms with Gasteiger partial charge in [-0.1, -0.05) is 19.8 Å². The second kappa shape index (κ2) is 7.29. The van der Waals surface area contributed by atoms with E-state index in [1.54, 1.807) is 12.1 Å². The van der Waals surface area contributed by atoms with Crippen LogP contribution in [0.25, 0.3) is 0 Å². The molecule has 0 spiro atoms. The zero-order valence-corrected chi connectivity index (χ0v) is 13.6. The maximum absolute atomic E-state index is 12.0. The highest BCUT2D eigenvalue weighted by Gasteiger charge is 2.25. The van der Waals surface area contributed by atoms with Crippen molar-refractivity contribution in [3.05, 3.63) is 24.3 Å². The summed E-state index contributed by atoms with van der Waals surface area (Å²) in [5.74, 6) is -0.712. The highest BCUT2D eigenvalue weighted by atomic mass is 16.2. The molecule has 2 amide bonds. The van der Waals surface area contributed by atoms with E-state index in [1.807, 2.05) is 31.1 Å². The zero-order chi connectivity index (χ0) is 16.1. The van der Waals surface area contributed by atoms with E-state index in [-0.39, 0.29) is 6.04 Å². The minimum absolute atomic E-state index is 0.114. The Morgan fingerprint density at radius 1 is 1.05 bits per heavy atom. The van der Waals surface area contributed by atoms with E-state index in [1.165, 1.54) is 6.42 Å². The second-order valence-electron chi connectivity index (χ2n) is 6.24. The number of carbonyl (C=O) groups is 2. The number of carbonyl (C=O) groups excluding carboxylic acids is 2. The van der Waals surface area contributed by atoms with Crippen LogP contribution < -0.4 is 15.5 Å². The molecule has 2 atom stereocenters. The first kappa shape index (κ1) is 16.3. The van der Waals surface area contributed by atoms with Crippen molar-refractivity contribution >= 4 is 23.2 Å². The van der Waals surface area contributed by atoms with Crippen molar-refractivity contribution in [3.8, 4) is 0 Å². The summed E-state index contributed by atoms with van der Waals surface area (Å²) in [5.41, 5.74) is 1.67. The van der Waals surface area contributed by atoms with Crippen molar-refractivity contribution in [1.29, 1.82) is 0 Å². The number of amides is 2. The quantitative estimate of drug-likeness (QED) is 0.843. The van der Waals surface area contributed by atoms with Gasteiger partial charge in [0.2, 0.25) is 0 Å². The van der Waals surface area contributed by atoms with E-state index in [2.05, 4.69) is 17.6 Å². The van der Waals surface area contributed by atoms with Gasteiger partial charge in [-0.25, -0.2) is 0 Å². The molecular formula is C17H25N3O2. The van der Waals surface area contributed by atoms with Gasteiger partial charge in [0.1, 0.15) is 0 Å². The fraction of sp³-hybridized carbons (Fsp3) is 0.529. The molecule has 1 saturated carbocycles. The molecule has 0 heterocycles. The fourth-order valence-corrected chi connectivity index (χ4v) is 2.80. The monoisotopic (exact) mass is 303 g/mol. The molecule has 0 saturated heterocycles. The van der Waals surface area contributed by atoms with Crippen LogP contribution in [0.4, 0.5) is 11.4 Å². The first-order valence-corrected chi connectivity index (χ1v) is 7.86. The molecule has 0 unspecified atom stereocenters. The summed E-state index contributed by atoms with van der Waals surface area (Å²) in [7, 11) is 3.90. The molecule has 5 nitrogen and oxygen atoms in total. The van der Waals surface area contributed by atoms with Gasteiger partial charge in [0.25, 0.3) is 0 Å². The molecular weight excluding hydrogens is 278 g/mol. The average molecular weight is 303 g/mol.